The van der Waals surface area contributed by atoms with Crippen LogP contribution in [-0.4, -0.2) is 56.3 Å². The number of hydrogen-bond acceptors (Lipinski definition) is 6. The number of carbonyl (C=O) groups is 2. The van der Waals surface area contributed by atoms with E-state index in [-0.39, 0.29) is 17.9 Å². The number of hydrogen-bond donors (Lipinski definition) is 2. The third-order valence-corrected chi connectivity index (χ3v) is 6.70. The number of thioether (sulfide) groups is 2. The fraction of sp³-hybridized carbons (Fsp3) is 0.389. The molecule has 2 aliphatic rings. The highest BCUT2D eigenvalue weighted by Gasteiger charge is 2.32. The van der Waals surface area contributed by atoms with Gasteiger partial charge in [-0.2, -0.15) is 11.8 Å². The van der Waals surface area contributed by atoms with Crippen LogP contribution in [0.1, 0.15) is 18.4 Å². The SMILES string of the molecule is O=C(CCCN1C(=O)/C(=C/c2ccccc2)SC1=S)N[C@@H]1CSC[C@H]1O. The fourth-order valence-electron chi connectivity index (χ4n) is 2.75. The number of amides is 2. The molecule has 0 radical (unpaired) electrons. The van der Waals surface area contributed by atoms with Crippen LogP contribution in [0.3, 0.4) is 0 Å². The van der Waals surface area contributed by atoms with Crippen molar-refractivity contribution in [3.63, 3.8) is 0 Å². The highest BCUT2D eigenvalue weighted by atomic mass is 32.2. The summed E-state index contributed by atoms with van der Waals surface area (Å²) in [5, 5.41) is 12.6. The first-order valence-electron chi connectivity index (χ1n) is 8.40. The molecule has 1 aromatic rings. The lowest BCUT2D eigenvalue weighted by atomic mass is 10.2. The van der Waals surface area contributed by atoms with E-state index >= 15 is 0 Å². The number of nitrogens with one attached hydrogen (secondary N) is 1. The normalized spacial score (nSPS) is 24.5. The molecule has 2 saturated heterocycles. The van der Waals surface area contributed by atoms with E-state index in [0.717, 1.165) is 11.3 Å². The van der Waals surface area contributed by atoms with Gasteiger partial charge in [-0.05, 0) is 18.1 Å². The van der Waals surface area contributed by atoms with Crippen molar-refractivity contribution in [1.82, 2.24) is 10.2 Å². The van der Waals surface area contributed by atoms with E-state index < -0.39 is 6.10 Å². The second-order valence-electron chi connectivity index (χ2n) is 6.13. The maximum Gasteiger partial charge on any atom is 0.266 e. The van der Waals surface area contributed by atoms with Gasteiger partial charge in [-0.1, -0.05) is 54.3 Å². The summed E-state index contributed by atoms with van der Waals surface area (Å²) >= 11 is 8.24. The maximum atomic E-state index is 12.5. The van der Waals surface area contributed by atoms with Gasteiger partial charge in [-0.25, -0.2) is 0 Å². The summed E-state index contributed by atoms with van der Waals surface area (Å²) < 4.78 is 0.528. The van der Waals surface area contributed by atoms with Crippen molar-refractivity contribution in [2.45, 2.75) is 25.0 Å². The van der Waals surface area contributed by atoms with Crippen LogP contribution < -0.4 is 5.32 Å². The van der Waals surface area contributed by atoms with Gasteiger partial charge in [0.05, 0.1) is 17.1 Å². The van der Waals surface area contributed by atoms with Crippen LogP contribution in [0.2, 0.25) is 0 Å². The quantitative estimate of drug-likeness (QED) is 0.556. The predicted octanol–water partition coefficient (Wildman–Crippen LogP) is 2.26. The largest absolute Gasteiger partial charge is 0.390 e. The van der Waals surface area contributed by atoms with Crippen molar-refractivity contribution >= 4 is 58.0 Å². The molecule has 0 bridgehead atoms. The highest BCUT2D eigenvalue weighted by molar-refractivity contribution is 8.26. The topological polar surface area (TPSA) is 69.6 Å². The number of benzene rings is 1. The number of carbonyl (C=O) groups excluding carboxylic acids is 2. The molecule has 0 saturated carbocycles. The molecule has 138 valence electrons. The van der Waals surface area contributed by atoms with Gasteiger partial charge in [0.1, 0.15) is 4.32 Å². The van der Waals surface area contributed by atoms with Gasteiger partial charge in [-0.15, -0.1) is 0 Å². The van der Waals surface area contributed by atoms with Crippen molar-refractivity contribution in [1.29, 1.82) is 0 Å². The average Bonchev–Trinajstić information content (AvgIpc) is 3.13. The molecule has 2 aliphatic heterocycles. The second kappa shape index (κ2) is 9.03. The molecular formula is C18H20N2O3S3. The summed E-state index contributed by atoms with van der Waals surface area (Å²) in [4.78, 5) is 26.7. The van der Waals surface area contributed by atoms with Crippen molar-refractivity contribution < 1.29 is 14.7 Å². The Morgan fingerprint density at radius 1 is 1.35 bits per heavy atom. The molecule has 0 aliphatic carbocycles. The molecule has 2 heterocycles. The Morgan fingerprint density at radius 3 is 2.81 bits per heavy atom. The van der Waals surface area contributed by atoms with Gasteiger partial charge in [0.2, 0.25) is 5.91 Å². The number of rotatable bonds is 6. The Kier molecular flexibility index (Phi) is 6.74. The molecule has 3 rings (SSSR count). The third-order valence-electron chi connectivity index (χ3n) is 4.15. The molecule has 2 N–H and O–H groups in total. The Morgan fingerprint density at radius 2 is 2.12 bits per heavy atom. The monoisotopic (exact) mass is 408 g/mol. The van der Waals surface area contributed by atoms with Crippen molar-refractivity contribution in [2.24, 2.45) is 0 Å². The highest BCUT2D eigenvalue weighted by Crippen LogP contribution is 2.32. The van der Waals surface area contributed by atoms with Gasteiger partial charge in [0.25, 0.3) is 5.91 Å². The van der Waals surface area contributed by atoms with Gasteiger partial charge in [0.15, 0.2) is 0 Å². The first kappa shape index (κ1) is 19.4. The Labute approximate surface area is 166 Å². The molecule has 5 nitrogen and oxygen atoms in total. The second-order valence-corrected chi connectivity index (χ2v) is 8.88. The minimum Gasteiger partial charge on any atom is -0.390 e. The third kappa shape index (κ3) is 4.88. The maximum absolute atomic E-state index is 12.5. The van der Waals surface area contributed by atoms with E-state index in [0.29, 0.717) is 34.4 Å². The van der Waals surface area contributed by atoms with E-state index in [4.69, 9.17) is 12.2 Å². The lowest BCUT2D eigenvalue weighted by Gasteiger charge is -2.17. The summed E-state index contributed by atoms with van der Waals surface area (Å²) in [6.45, 7) is 0.423. The Bertz CT molecular complexity index is 724. The van der Waals surface area contributed by atoms with Gasteiger partial charge >= 0.3 is 0 Å². The minimum absolute atomic E-state index is 0.0955. The Hall–Kier alpha value is -1.35. The van der Waals surface area contributed by atoms with Crippen LogP contribution in [-0.2, 0) is 9.59 Å². The first-order valence-corrected chi connectivity index (χ1v) is 10.8. The first-order chi connectivity index (χ1) is 12.5. The van der Waals surface area contributed by atoms with Crippen LogP contribution in [0.15, 0.2) is 35.2 Å². The van der Waals surface area contributed by atoms with Crippen LogP contribution >= 0.6 is 35.7 Å². The molecule has 26 heavy (non-hydrogen) atoms. The molecule has 0 spiro atoms. The summed E-state index contributed by atoms with van der Waals surface area (Å²) in [5.74, 6) is 1.20. The lowest BCUT2D eigenvalue weighted by Crippen LogP contribution is -2.42. The standard InChI is InChI=1S/C18H20N2O3S3/c21-14-11-25-10-13(14)19-16(22)7-4-8-20-17(23)15(26-18(20)24)9-12-5-2-1-3-6-12/h1-3,5-6,9,13-14,21H,4,7-8,10-11H2,(H,19,22)/b15-9-/t13-,14-/m1/s1. The fourth-order valence-corrected chi connectivity index (χ4v) is 5.23. The van der Waals surface area contributed by atoms with Crippen molar-refractivity contribution in [3.8, 4) is 0 Å². The smallest absolute Gasteiger partial charge is 0.266 e. The van der Waals surface area contributed by atoms with Gasteiger partial charge < -0.3 is 10.4 Å². The van der Waals surface area contributed by atoms with E-state index in [1.54, 1.807) is 16.7 Å². The minimum atomic E-state index is -0.473. The number of nitrogens with zero attached hydrogens (tertiary/aromatic N) is 1. The molecule has 2 fully saturated rings. The molecule has 0 unspecified atom stereocenters. The zero-order valence-corrected chi connectivity index (χ0v) is 16.5. The van der Waals surface area contributed by atoms with Crippen molar-refractivity contribution in [2.75, 3.05) is 18.1 Å². The van der Waals surface area contributed by atoms with Crippen LogP contribution in [0.4, 0.5) is 0 Å². The van der Waals surface area contributed by atoms with Gasteiger partial charge in [-0.3, -0.25) is 14.5 Å². The van der Waals surface area contributed by atoms with E-state index in [2.05, 4.69) is 5.32 Å². The summed E-state index contributed by atoms with van der Waals surface area (Å²) in [5.41, 5.74) is 0.959. The molecule has 2 atom stereocenters. The van der Waals surface area contributed by atoms with E-state index in [9.17, 15) is 14.7 Å². The summed E-state index contributed by atoms with van der Waals surface area (Å²) in [6.07, 6.45) is 2.21. The zero-order chi connectivity index (χ0) is 18.5. The zero-order valence-electron chi connectivity index (χ0n) is 14.1. The van der Waals surface area contributed by atoms with Crippen LogP contribution in [0.5, 0.6) is 0 Å². The predicted molar refractivity (Wildman–Crippen MR) is 111 cm³/mol. The van der Waals surface area contributed by atoms with Crippen molar-refractivity contribution in [3.05, 3.63) is 40.8 Å². The molecule has 1 aromatic carbocycles. The summed E-state index contributed by atoms with van der Waals surface area (Å²) in [7, 11) is 0. The molecule has 0 aromatic heterocycles. The number of thiocarbonyl (C=S) groups is 1. The van der Waals surface area contributed by atoms with E-state index in [1.165, 1.54) is 11.8 Å². The summed E-state index contributed by atoms with van der Waals surface area (Å²) in [6, 6.07) is 9.48. The lowest BCUT2D eigenvalue weighted by molar-refractivity contribution is -0.124. The van der Waals surface area contributed by atoms with Crippen LogP contribution in [0.25, 0.3) is 6.08 Å². The van der Waals surface area contributed by atoms with E-state index in [1.807, 2.05) is 36.4 Å². The molecule has 8 heteroatoms. The number of aliphatic hydroxyl groups excluding tert-OH is 1. The number of aliphatic hydroxyl groups is 1. The average molecular weight is 409 g/mol. The Balaban J connectivity index is 1.49. The molecular weight excluding hydrogens is 388 g/mol. The van der Waals surface area contributed by atoms with Crippen LogP contribution in [0, 0.1) is 0 Å². The van der Waals surface area contributed by atoms with Gasteiger partial charge in [0, 0.05) is 24.5 Å². The molecule has 2 amide bonds.